The highest BCUT2D eigenvalue weighted by molar-refractivity contribution is 6.31. The van der Waals surface area contributed by atoms with Crippen LogP contribution in [0.25, 0.3) is 10.9 Å². The Morgan fingerprint density at radius 1 is 1.35 bits per heavy atom. The van der Waals surface area contributed by atoms with Gasteiger partial charge in [-0.1, -0.05) is 11.6 Å². The van der Waals surface area contributed by atoms with E-state index in [4.69, 9.17) is 27.5 Å². The molecule has 2 rings (SSSR count). The Kier molecular flexibility index (Phi) is 6.74. The van der Waals surface area contributed by atoms with Gasteiger partial charge in [0.25, 0.3) is 0 Å². The maximum atomic E-state index is 13.2. The van der Waals surface area contributed by atoms with Crippen LogP contribution < -0.4 is 5.73 Å². The summed E-state index contributed by atoms with van der Waals surface area (Å²) in [5.41, 5.74) is 6.63. The molecule has 6 nitrogen and oxygen atoms in total. The van der Waals surface area contributed by atoms with E-state index >= 15 is 0 Å². The molecule has 8 heteroatoms. The minimum Gasteiger partial charge on any atom is -0.478 e. The molecule has 1 aromatic carbocycles. The third kappa shape index (κ3) is 6.09. The number of carbonyl (C=O) groups is 2. The van der Waals surface area contributed by atoms with Crippen LogP contribution in [-0.2, 0) is 16.1 Å². The molecule has 124 valence electrons. The van der Waals surface area contributed by atoms with Crippen molar-refractivity contribution in [2.45, 2.75) is 19.5 Å². The summed E-state index contributed by atoms with van der Waals surface area (Å²) in [6.45, 7) is 2.63. The molecule has 0 spiro atoms. The second kappa shape index (κ2) is 8.30. The van der Waals surface area contributed by atoms with Gasteiger partial charge in [0.1, 0.15) is 5.82 Å². The van der Waals surface area contributed by atoms with Gasteiger partial charge < -0.3 is 20.5 Å². The zero-order chi connectivity index (χ0) is 17.6. The third-order valence-corrected chi connectivity index (χ3v) is 2.96. The summed E-state index contributed by atoms with van der Waals surface area (Å²) < 4.78 is 15.1. The van der Waals surface area contributed by atoms with Crippen LogP contribution in [0.1, 0.15) is 6.92 Å². The smallest absolute Gasteiger partial charge is 0.328 e. The zero-order valence-corrected chi connectivity index (χ0v) is 13.0. The first-order valence-corrected chi connectivity index (χ1v) is 6.92. The van der Waals surface area contributed by atoms with Gasteiger partial charge in [-0.25, -0.2) is 14.0 Å². The minimum absolute atomic E-state index is 0.0597. The van der Waals surface area contributed by atoms with Crippen molar-refractivity contribution in [1.82, 2.24) is 4.57 Å². The fraction of sp³-hybridized carbons (Fsp3) is 0.200. The first-order chi connectivity index (χ1) is 10.7. The lowest BCUT2D eigenvalue weighted by Gasteiger charge is -2.08. The lowest BCUT2D eigenvalue weighted by atomic mass is 10.2. The van der Waals surface area contributed by atoms with E-state index in [0.717, 1.165) is 10.9 Å². The molecule has 0 saturated carbocycles. The fourth-order valence-corrected chi connectivity index (χ4v) is 1.95. The molecule has 0 amide bonds. The van der Waals surface area contributed by atoms with Crippen LogP contribution in [0.4, 0.5) is 4.39 Å². The number of halogens is 2. The Morgan fingerprint density at radius 2 is 1.91 bits per heavy atom. The number of aliphatic carboxylic acids is 2. The van der Waals surface area contributed by atoms with Crippen molar-refractivity contribution in [2.24, 2.45) is 5.73 Å². The van der Waals surface area contributed by atoms with Crippen molar-refractivity contribution in [3.8, 4) is 0 Å². The molecule has 1 atom stereocenters. The van der Waals surface area contributed by atoms with E-state index < -0.39 is 11.9 Å². The molecule has 0 unspecified atom stereocenters. The van der Waals surface area contributed by atoms with Crippen LogP contribution in [0, 0.1) is 5.82 Å². The molecular weight excluding hydrogens is 327 g/mol. The number of fused-ring (bicyclic) bond motifs is 1. The molecule has 0 saturated heterocycles. The summed E-state index contributed by atoms with van der Waals surface area (Å²) in [4.78, 5) is 19.1. The molecule has 0 aliphatic carbocycles. The van der Waals surface area contributed by atoms with Crippen molar-refractivity contribution >= 4 is 34.4 Å². The average Bonchev–Trinajstić information content (AvgIpc) is 2.79. The molecular formula is C15H16ClFN2O4. The van der Waals surface area contributed by atoms with Gasteiger partial charge in [0.05, 0.1) is 5.02 Å². The van der Waals surface area contributed by atoms with Crippen molar-refractivity contribution < 1.29 is 24.2 Å². The lowest BCUT2D eigenvalue weighted by molar-refractivity contribution is -0.134. The predicted octanol–water partition coefficient (Wildman–Crippen LogP) is 2.49. The summed E-state index contributed by atoms with van der Waals surface area (Å²) in [6, 6.07) is 4.99. The molecule has 4 N–H and O–H groups in total. The number of carboxylic acids is 2. The van der Waals surface area contributed by atoms with Gasteiger partial charge in [-0.3, -0.25) is 0 Å². The second-order valence-electron chi connectivity index (χ2n) is 4.78. The quantitative estimate of drug-likeness (QED) is 0.740. The van der Waals surface area contributed by atoms with Crippen molar-refractivity contribution in [1.29, 1.82) is 0 Å². The van der Waals surface area contributed by atoms with Gasteiger partial charge >= 0.3 is 11.9 Å². The number of benzene rings is 1. The number of aromatic nitrogens is 1. The van der Waals surface area contributed by atoms with E-state index in [0.29, 0.717) is 18.7 Å². The van der Waals surface area contributed by atoms with Crippen LogP contribution in [0.3, 0.4) is 0 Å². The van der Waals surface area contributed by atoms with Crippen molar-refractivity contribution in [3.05, 3.63) is 47.4 Å². The Bertz CT molecular complexity index is 724. The van der Waals surface area contributed by atoms with E-state index in [9.17, 15) is 14.0 Å². The molecule has 0 bridgehead atoms. The maximum Gasteiger partial charge on any atom is 0.328 e. The molecule has 0 aliphatic rings. The molecule has 1 heterocycles. The zero-order valence-electron chi connectivity index (χ0n) is 12.2. The number of nitrogens with zero attached hydrogens (tertiary/aromatic N) is 1. The molecule has 0 radical (unpaired) electrons. The normalized spacial score (nSPS) is 12.0. The van der Waals surface area contributed by atoms with E-state index in [-0.39, 0.29) is 16.9 Å². The molecule has 23 heavy (non-hydrogen) atoms. The standard InChI is InChI=1S/C11H12ClFN2.C4H4O4/c1-7(14)6-15-3-2-8-4-10(13)9(12)5-11(8)15;5-3(6)1-2-4(7)8/h2-5,7H,6,14H2,1H3;1-2H,(H,5,6)(H,7,8)/t7-;/m0./s1. The topological polar surface area (TPSA) is 106 Å². The molecule has 2 aromatic rings. The Morgan fingerprint density at radius 3 is 2.39 bits per heavy atom. The Balaban J connectivity index is 0.000000284. The highest BCUT2D eigenvalue weighted by Gasteiger charge is 2.07. The summed E-state index contributed by atoms with van der Waals surface area (Å²) >= 11 is 5.73. The highest BCUT2D eigenvalue weighted by atomic mass is 35.5. The van der Waals surface area contributed by atoms with Crippen LogP contribution in [-0.4, -0.2) is 32.8 Å². The van der Waals surface area contributed by atoms with E-state index in [1.807, 2.05) is 23.8 Å². The van der Waals surface area contributed by atoms with Gasteiger partial charge in [0.15, 0.2) is 0 Å². The summed E-state index contributed by atoms with van der Waals surface area (Å²) in [7, 11) is 0. The molecule has 0 aliphatic heterocycles. The fourth-order valence-electron chi connectivity index (χ4n) is 1.80. The summed E-state index contributed by atoms with van der Waals surface area (Å²) in [5, 5.41) is 16.6. The van der Waals surface area contributed by atoms with E-state index in [1.165, 1.54) is 6.07 Å². The lowest BCUT2D eigenvalue weighted by Crippen LogP contribution is -2.21. The largest absolute Gasteiger partial charge is 0.478 e. The summed E-state index contributed by atoms with van der Waals surface area (Å²) in [6.07, 6.45) is 3.01. The van der Waals surface area contributed by atoms with Gasteiger partial charge in [-0.05, 0) is 25.1 Å². The third-order valence-electron chi connectivity index (χ3n) is 2.67. The number of hydrogen-bond acceptors (Lipinski definition) is 3. The first-order valence-electron chi connectivity index (χ1n) is 6.54. The molecule has 0 fully saturated rings. The van der Waals surface area contributed by atoms with Crippen LogP contribution >= 0.6 is 11.6 Å². The highest BCUT2D eigenvalue weighted by Crippen LogP contribution is 2.23. The SMILES string of the molecule is C[C@H](N)Cn1ccc2cc(F)c(Cl)cc21.O=C(O)C=CC(=O)O. The number of nitrogens with two attached hydrogens (primary N) is 1. The number of carboxylic acid groups (broad SMARTS) is 2. The van der Waals surface area contributed by atoms with E-state index in [2.05, 4.69) is 0 Å². The van der Waals surface area contributed by atoms with Crippen molar-refractivity contribution in [2.75, 3.05) is 0 Å². The van der Waals surface area contributed by atoms with Crippen molar-refractivity contribution in [3.63, 3.8) is 0 Å². The average molecular weight is 343 g/mol. The van der Waals surface area contributed by atoms with Gasteiger partial charge in [0, 0.05) is 41.8 Å². The number of rotatable bonds is 4. The number of hydrogen-bond donors (Lipinski definition) is 3. The molecule has 1 aromatic heterocycles. The second-order valence-corrected chi connectivity index (χ2v) is 5.19. The minimum atomic E-state index is -1.26. The monoisotopic (exact) mass is 342 g/mol. The van der Waals surface area contributed by atoms with Crippen LogP contribution in [0.2, 0.25) is 5.02 Å². The predicted molar refractivity (Wildman–Crippen MR) is 85.0 cm³/mol. The van der Waals surface area contributed by atoms with Gasteiger partial charge in [0.2, 0.25) is 0 Å². The van der Waals surface area contributed by atoms with E-state index in [1.54, 1.807) is 6.07 Å². The Labute approximate surface area is 136 Å². The van der Waals surface area contributed by atoms with Gasteiger partial charge in [-0.2, -0.15) is 0 Å². The van der Waals surface area contributed by atoms with Crippen LogP contribution in [0.15, 0.2) is 36.5 Å². The van der Waals surface area contributed by atoms with Crippen LogP contribution in [0.5, 0.6) is 0 Å². The summed E-state index contributed by atoms with van der Waals surface area (Å²) in [5.74, 6) is -2.90. The van der Waals surface area contributed by atoms with Gasteiger partial charge in [-0.15, -0.1) is 0 Å². The first kappa shape index (κ1) is 18.7. The Hall–Kier alpha value is -2.38. The maximum absolute atomic E-state index is 13.2.